The third-order valence-corrected chi connectivity index (χ3v) is 4.84. The molecule has 130 valence electrons. The van der Waals surface area contributed by atoms with Crippen LogP contribution in [0.2, 0.25) is 0 Å². The molecule has 0 unspecified atom stereocenters. The Morgan fingerprint density at radius 2 is 1.75 bits per heavy atom. The van der Waals surface area contributed by atoms with Gasteiger partial charge in [0.15, 0.2) is 0 Å². The van der Waals surface area contributed by atoms with Gasteiger partial charge in [-0.15, -0.1) is 0 Å². The minimum absolute atomic E-state index is 0.187. The molecular weight excluding hydrogens is 333 g/mol. The van der Waals surface area contributed by atoms with Gasteiger partial charge in [0, 0.05) is 12.6 Å². The van der Waals surface area contributed by atoms with E-state index < -0.39 is 15.8 Å². The van der Waals surface area contributed by atoms with Crippen molar-refractivity contribution in [3.63, 3.8) is 0 Å². The Morgan fingerprint density at radius 3 is 2.38 bits per heavy atom. The molecular formula is C17H20FNO4S. The van der Waals surface area contributed by atoms with Gasteiger partial charge in [-0.1, -0.05) is 18.2 Å². The van der Waals surface area contributed by atoms with Gasteiger partial charge in [-0.3, -0.25) is 0 Å². The Kier molecular flexibility index (Phi) is 6.16. The lowest BCUT2D eigenvalue weighted by Crippen LogP contribution is -2.27. The molecule has 2 aromatic carbocycles. The Labute approximate surface area is 141 Å². The summed E-state index contributed by atoms with van der Waals surface area (Å²) in [5.41, 5.74) is 1.41. The van der Waals surface area contributed by atoms with Crippen molar-refractivity contribution in [2.45, 2.75) is 12.2 Å². The number of hydrogen-bond acceptors (Lipinski definition) is 4. The zero-order valence-electron chi connectivity index (χ0n) is 13.6. The Balaban J connectivity index is 1.94. The van der Waals surface area contributed by atoms with E-state index in [1.54, 1.807) is 26.4 Å². The van der Waals surface area contributed by atoms with E-state index in [0.29, 0.717) is 23.5 Å². The van der Waals surface area contributed by atoms with E-state index in [9.17, 15) is 12.8 Å². The van der Waals surface area contributed by atoms with Crippen LogP contribution < -0.4 is 14.2 Å². The van der Waals surface area contributed by atoms with Crippen LogP contribution in [0.15, 0.2) is 42.5 Å². The summed E-state index contributed by atoms with van der Waals surface area (Å²) in [5.74, 6) is 0.739. The van der Waals surface area contributed by atoms with E-state index >= 15 is 0 Å². The summed E-state index contributed by atoms with van der Waals surface area (Å²) >= 11 is 0. The third-order valence-electron chi connectivity index (χ3n) is 3.48. The molecule has 0 aliphatic heterocycles. The van der Waals surface area contributed by atoms with E-state index in [4.69, 9.17) is 9.47 Å². The summed E-state index contributed by atoms with van der Waals surface area (Å²) in [6, 6.07) is 10.8. The minimum Gasteiger partial charge on any atom is -0.497 e. The minimum atomic E-state index is -3.49. The van der Waals surface area contributed by atoms with Crippen LogP contribution >= 0.6 is 0 Å². The summed E-state index contributed by atoms with van der Waals surface area (Å²) in [4.78, 5) is 0. The second-order valence-corrected chi connectivity index (χ2v) is 7.01. The molecule has 0 aliphatic carbocycles. The highest BCUT2D eigenvalue weighted by atomic mass is 32.2. The fourth-order valence-corrected chi connectivity index (χ4v) is 3.40. The molecule has 0 amide bonds. The van der Waals surface area contributed by atoms with Gasteiger partial charge in [0.1, 0.15) is 17.3 Å². The molecule has 0 aliphatic rings. The first kappa shape index (κ1) is 18.2. The Hall–Kier alpha value is -2.12. The van der Waals surface area contributed by atoms with Gasteiger partial charge in [-0.2, -0.15) is 0 Å². The van der Waals surface area contributed by atoms with Gasteiger partial charge < -0.3 is 9.47 Å². The maximum Gasteiger partial charge on any atom is 0.215 e. The van der Waals surface area contributed by atoms with Gasteiger partial charge in [0.2, 0.25) is 10.0 Å². The number of ether oxygens (including phenoxy) is 2. The molecule has 5 nitrogen and oxygen atoms in total. The molecule has 0 bridgehead atoms. The Morgan fingerprint density at radius 1 is 1.04 bits per heavy atom. The van der Waals surface area contributed by atoms with E-state index in [2.05, 4.69) is 4.72 Å². The number of benzene rings is 2. The maximum atomic E-state index is 12.8. The van der Waals surface area contributed by atoms with Crippen LogP contribution in [0.4, 0.5) is 4.39 Å². The predicted molar refractivity (Wildman–Crippen MR) is 90.3 cm³/mol. The molecule has 0 saturated heterocycles. The average Bonchev–Trinajstić information content (AvgIpc) is 2.56. The third kappa shape index (κ3) is 5.21. The quantitative estimate of drug-likeness (QED) is 0.792. The van der Waals surface area contributed by atoms with Gasteiger partial charge in [-0.05, 0) is 35.7 Å². The van der Waals surface area contributed by atoms with Crippen LogP contribution in [0.25, 0.3) is 0 Å². The lowest BCUT2D eigenvalue weighted by molar-refractivity contribution is 0.391. The summed E-state index contributed by atoms with van der Waals surface area (Å²) in [5, 5.41) is 0. The fourth-order valence-electron chi connectivity index (χ4n) is 2.25. The summed E-state index contributed by atoms with van der Waals surface area (Å²) in [6.07, 6.45) is 0.482. The van der Waals surface area contributed by atoms with Gasteiger partial charge >= 0.3 is 0 Å². The number of rotatable bonds is 8. The monoisotopic (exact) mass is 353 g/mol. The first-order valence-electron chi connectivity index (χ1n) is 7.36. The van der Waals surface area contributed by atoms with Crippen molar-refractivity contribution in [1.82, 2.24) is 4.72 Å². The molecule has 7 heteroatoms. The molecule has 0 atom stereocenters. The topological polar surface area (TPSA) is 64.6 Å². The smallest absolute Gasteiger partial charge is 0.215 e. The number of methoxy groups -OCH3 is 2. The van der Waals surface area contributed by atoms with Gasteiger partial charge in [-0.25, -0.2) is 17.5 Å². The Bertz CT molecular complexity index is 776. The second kappa shape index (κ2) is 8.12. The number of nitrogens with one attached hydrogen (secondary N) is 1. The maximum absolute atomic E-state index is 12.8. The highest BCUT2D eigenvalue weighted by Crippen LogP contribution is 2.24. The highest BCUT2D eigenvalue weighted by molar-refractivity contribution is 7.88. The summed E-state index contributed by atoms with van der Waals surface area (Å²) in [6.45, 7) is 0.242. The first-order valence-corrected chi connectivity index (χ1v) is 9.01. The number of hydrogen-bond donors (Lipinski definition) is 1. The SMILES string of the molecule is COc1ccc(CCNS(=O)(=O)Cc2ccc(F)cc2)c(OC)c1. The molecule has 0 aromatic heterocycles. The van der Waals surface area contributed by atoms with E-state index in [1.165, 1.54) is 24.3 Å². The zero-order chi connectivity index (χ0) is 17.6. The van der Waals surface area contributed by atoms with Crippen LogP contribution in [0, 0.1) is 5.82 Å². The molecule has 24 heavy (non-hydrogen) atoms. The summed E-state index contributed by atoms with van der Waals surface area (Å²) in [7, 11) is -0.368. The second-order valence-electron chi connectivity index (χ2n) is 5.21. The van der Waals surface area contributed by atoms with Gasteiger partial charge in [0.25, 0.3) is 0 Å². The molecule has 0 saturated carbocycles. The molecule has 0 heterocycles. The predicted octanol–water partition coefficient (Wildman–Crippen LogP) is 2.51. The van der Waals surface area contributed by atoms with Crippen LogP contribution in [0.3, 0.4) is 0 Å². The van der Waals surface area contributed by atoms with Crippen LogP contribution in [0.5, 0.6) is 11.5 Å². The molecule has 0 spiro atoms. The fraction of sp³-hybridized carbons (Fsp3) is 0.294. The largest absolute Gasteiger partial charge is 0.497 e. The lowest BCUT2D eigenvalue weighted by atomic mass is 10.1. The van der Waals surface area contributed by atoms with Crippen molar-refractivity contribution in [2.24, 2.45) is 0 Å². The first-order chi connectivity index (χ1) is 11.4. The van der Waals surface area contributed by atoms with Crippen molar-refractivity contribution < 1.29 is 22.3 Å². The lowest BCUT2D eigenvalue weighted by Gasteiger charge is -2.11. The van der Waals surface area contributed by atoms with E-state index in [-0.39, 0.29) is 12.3 Å². The summed E-state index contributed by atoms with van der Waals surface area (Å²) < 4.78 is 50.0. The van der Waals surface area contributed by atoms with Crippen LogP contribution in [-0.4, -0.2) is 29.2 Å². The van der Waals surface area contributed by atoms with E-state index in [0.717, 1.165) is 5.56 Å². The number of halogens is 1. The standard InChI is InChI=1S/C17H20FNO4S/c1-22-16-8-5-14(17(11-16)23-2)9-10-19-24(20,21)12-13-3-6-15(18)7-4-13/h3-8,11,19H,9-10,12H2,1-2H3. The van der Waals surface area contributed by atoms with Crippen molar-refractivity contribution in [1.29, 1.82) is 0 Å². The van der Waals surface area contributed by atoms with Crippen molar-refractivity contribution in [3.05, 3.63) is 59.4 Å². The van der Waals surface area contributed by atoms with Crippen LogP contribution in [-0.2, 0) is 22.2 Å². The zero-order valence-corrected chi connectivity index (χ0v) is 14.4. The molecule has 2 aromatic rings. The van der Waals surface area contributed by atoms with Crippen LogP contribution in [0.1, 0.15) is 11.1 Å². The average molecular weight is 353 g/mol. The van der Waals surface area contributed by atoms with Gasteiger partial charge in [0.05, 0.1) is 20.0 Å². The number of sulfonamides is 1. The molecule has 1 N–H and O–H groups in total. The normalized spacial score (nSPS) is 11.3. The molecule has 0 fully saturated rings. The van der Waals surface area contributed by atoms with E-state index in [1.807, 2.05) is 6.07 Å². The molecule has 2 rings (SSSR count). The molecule has 0 radical (unpaired) electrons. The van der Waals surface area contributed by atoms with Crippen molar-refractivity contribution in [3.8, 4) is 11.5 Å². The van der Waals surface area contributed by atoms with Crippen molar-refractivity contribution in [2.75, 3.05) is 20.8 Å². The van der Waals surface area contributed by atoms with Crippen molar-refractivity contribution >= 4 is 10.0 Å². The highest BCUT2D eigenvalue weighted by Gasteiger charge is 2.12.